The van der Waals surface area contributed by atoms with Crippen LogP contribution < -0.4 is 0 Å². The molecule has 0 N–H and O–H groups in total. The van der Waals surface area contributed by atoms with Crippen molar-refractivity contribution in [3.8, 4) is 66.8 Å². The summed E-state index contributed by atoms with van der Waals surface area (Å²) in [5, 5.41) is 16.0. The van der Waals surface area contributed by atoms with Crippen molar-refractivity contribution < 1.29 is 4.42 Å². The number of rotatable bonds is 6. The first-order valence-electron chi connectivity index (χ1n) is 40.8. The summed E-state index contributed by atoms with van der Waals surface area (Å²) in [5.74, 6) is 0. The molecule has 18 aromatic carbocycles. The summed E-state index contributed by atoms with van der Waals surface area (Å²) in [7, 11) is 0. The van der Waals surface area contributed by atoms with E-state index in [9.17, 15) is 0 Å². The molecule has 0 radical (unpaired) electrons. The van der Waals surface area contributed by atoms with Crippen molar-refractivity contribution in [1.82, 2.24) is 0 Å². The highest BCUT2D eigenvalue weighted by Gasteiger charge is 2.17. The molecule has 1 nitrogen and oxygen atoms in total. The lowest BCUT2D eigenvalue weighted by molar-refractivity contribution is 0.670. The molecule has 0 spiro atoms. The first-order valence-corrected chi connectivity index (χ1v) is 44.9. The molecular formula is C114H84OS5. The molecule has 0 fully saturated rings. The van der Waals surface area contributed by atoms with E-state index in [1.54, 1.807) is 0 Å². The predicted octanol–water partition coefficient (Wildman–Crippen LogP) is 35.7. The van der Waals surface area contributed by atoms with E-state index in [1.165, 1.54) is 206 Å². The van der Waals surface area contributed by atoms with Crippen LogP contribution in [0, 0.1) is 41.5 Å². The molecule has 0 amide bonds. The maximum Gasteiger partial charge on any atom is 0.143 e. The highest BCUT2D eigenvalue weighted by atomic mass is 32.1. The van der Waals surface area contributed by atoms with Crippen molar-refractivity contribution in [2.45, 2.75) is 41.5 Å². The zero-order chi connectivity index (χ0) is 81.2. The third kappa shape index (κ3) is 15.8. The fraction of sp³-hybridized carbons (Fsp3) is 0.0526. The van der Waals surface area contributed by atoms with E-state index in [1.807, 2.05) is 68.8 Å². The van der Waals surface area contributed by atoms with Crippen LogP contribution in [0.3, 0.4) is 0 Å². The van der Waals surface area contributed by atoms with Crippen molar-refractivity contribution in [3.63, 3.8) is 0 Å². The number of fused-ring (bicyclic) bond motifs is 18. The van der Waals surface area contributed by atoms with E-state index >= 15 is 0 Å². The Kier molecular flexibility index (Phi) is 21.8. The lowest BCUT2D eigenvalue weighted by Crippen LogP contribution is -1.82. The van der Waals surface area contributed by atoms with Gasteiger partial charge in [-0.25, -0.2) is 0 Å². The van der Waals surface area contributed by atoms with E-state index in [4.69, 9.17) is 4.42 Å². The van der Waals surface area contributed by atoms with Crippen molar-refractivity contribution in [2.24, 2.45) is 0 Å². The van der Waals surface area contributed by atoms with Crippen LogP contribution in [0.25, 0.3) is 190 Å². The minimum absolute atomic E-state index is 0.948. The van der Waals surface area contributed by atoms with Gasteiger partial charge in [-0.1, -0.05) is 350 Å². The molecule has 120 heavy (non-hydrogen) atoms. The Morgan fingerprint density at radius 2 is 0.475 bits per heavy atom. The molecule has 0 saturated carbocycles. The van der Waals surface area contributed by atoms with Gasteiger partial charge in [-0.05, 0) is 187 Å². The number of benzene rings is 18. The smallest absolute Gasteiger partial charge is 0.143 e. The Labute approximate surface area is 719 Å². The molecule has 0 unspecified atom stereocenters. The van der Waals surface area contributed by atoms with Crippen LogP contribution in [0.2, 0.25) is 0 Å². The summed E-state index contributed by atoms with van der Waals surface area (Å²) < 4.78 is 19.8. The minimum Gasteiger partial charge on any atom is -0.455 e. The molecule has 0 aliphatic heterocycles. The molecule has 6 heterocycles. The zero-order valence-corrected chi connectivity index (χ0v) is 71.6. The van der Waals surface area contributed by atoms with Crippen LogP contribution >= 0.6 is 56.7 Å². The van der Waals surface area contributed by atoms with E-state index in [-0.39, 0.29) is 0 Å². The standard InChI is InChI=1S/C19H14O.5C19H14S/c1-13-7-2-3-8-14(13)16-10-6-11-17-15-9-4-5-12-18(15)20-19(16)17;1-13-6-4-7-14(12-13)15-9-5-10-17-16-8-2-3-11-18(16)20-19(15)17;1-13-5-4-6-14(11-13)15-9-10-19-17(12-15)16-7-2-3-8-18(16)20-19;1-13-6-2-3-7-15(13)14-10-11-19-17(12-14)16-8-4-5-9-18(16)20-19;1-13-9-11-14(12-10-13)15-6-4-7-17-16-5-2-3-8-18(16)20-19(15)17;1-13-6-8-14(9-7-13)15-10-11-19-17(12-15)16-4-2-3-5-18(16)20-19/h6*2-12H,1H3. The molecule has 0 aliphatic rings. The molecular weight excluding hydrogens is 1550 g/mol. The molecule has 0 atom stereocenters. The zero-order valence-electron chi connectivity index (χ0n) is 67.6. The SMILES string of the molecule is Cc1ccc(-c2ccc3sc4ccccc4c3c2)cc1.Cc1ccc(-c2cccc3c2sc2ccccc23)cc1.Cc1cccc(-c2ccc3sc4ccccc4c3c2)c1.Cc1cccc(-c2cccc3c2sc2ccccc23)c1.Cc1ccccc1-c1ccc2sc3ccccc3c2c1.Cc1ccccc1-c1cccc2c1oc1ccccc12. The number of hydrogen-bond donors (Lipinski definition) is 0. The van der Waals surface area contributed by atoms with Crippen LogP contribution in [-0.2, 0) is 0 Å². The minimum atomic E-state index is 0.948. The lowest BCUT2D eigenvalue weighted by atomic mass is 9.98. The fourth-order valence-corrected chi connectivity index (χ4v) is 22.2. The summed E-state index contributed by atoms with van der Waals surface area (Å²) in [6.45, 7) is 12.8. The summed E-state index contributed by atoms with van der Waals surface area (Å²) in [5.41, 5.74) is 25.2. The van der Waals surface area contributed by atoms with E-state index < -0.39 is 0 Å². The van der Waals surface area contributed by atoms with Gasteiger partial charge in [0, 0.05) is 117 Å². The largest absolute Gasteiger partial charge is 0.455 e. The lowest BCUT2D eigenvalue weighted by Gasteiger charge is -2.06. The molecule has 6 heteroatoms. The van der Waals surface area contributed by atoms with Crippen LogP contribution in [0.4, 0.5) is 0 Å². The van der Waals surface area contributed by atoms with Crippen LogP contribution in [0.15, 0.2) is 405 Å². The number of thiophene rings is 5. The van der Waals surface area contributed by atoms with E-state index in [0.29, 0.717) is 0 Å². The van der Waals surface area contributed by atoms with Crippen molar-refractivity contribution in [3.05, 3.63) is 434 Å². The summed E-state index contributed by atoms with van der Waals surface area (Å²) in [6, 6.07) is 143. The highest BCUT2D eigenvalue weighted by Crippen LogP contribution is 2.45. The van der Waals surface area contributed by atoms with Gasteiger partial charge in [0.2, 0.25) is 0 Å². The van der Waals surface area contributed by atoms with Crippen LogP contribution in [0.1, 0.15) is 33.4 Å². The van der Waals surface area contributed by atoms with E-state index in [0.717, 1.165) is 16.7 Å². The van der Waals surface area contributed by atoms with Gasteiger partial charge in [-0.3, -0.25) is 0 Å². The Morgan fingerprint density at radius 1 is 0.167 bits per heavy atom. The van der Waals surface area contributed by atoms with Gasteiger partial charge in [0.05, 0.1) is 0 Å². The number of furan rings is 1. The monoisotopic (exact) mass is 1630 g/mol. The van der Waals surface area contributed by atoms with Crippen molar-refractivity contribution in [2.75, 3.05) is 0 Å². The Balaban J connectivity index is 0.0000000952. The second-order valence-corrected chi connectivity index (χ2v) is 36.2. The van der Waals surface area contributed by atoms with Gasteiger partial charge >= 0.3 is 0 Å². The molecule has 0 saturated heterocycles. The van der Waals surface area contributed by atoms with Gasteiger partial charge in [-0.15, -0.1) is 56.7 Å². The number of hydrogen-bond acceptors (Lipinski definition) is 6. The summed E-state index contributed by atoms with van der Waals surface area (Å²) >= 11 is 9.38. The van der Waals surface area contributed by atoms with E-state index in [2.05, 4.69) is 430 Å². The number of para-hydroxylation sites is 2. The molecule has 576 valence electrons. The highest BCUT2D eigenvalue weighted by molar-refractivity contribution is 7.27. The van der Waals surface area contributed by atoms with Gasteiger partial charge < -0.3 is 4.42 Å². The van der Waals surface area contributed by atoms with Gasteiger partial charge in [0.1, 0.15) is 11.2 Å². The van der Waals surface area contributed by atoms with Gasteiger partial charge in [0.15, 0.2) is 0 Å². The van der Waals surface area contributed by atoms with Gasteiger partial charge in [-0.2, -0.15) is 0 Å². The summed E-state index contributed by atoms with van der Waals surface area (Å²) in [6.07, 6.45) is 0. The maximum absolute atomic E-state index is 6.09. The second kappa shape index (κ2) is 34.1. The first kappa shape index (κ1) is 76.8. The summed E-state index contributed by atoms with van der Waals surface area (Å²) in [4.78, 5) is 0. The first-order chi connectivity index (χ1) is 58.9. The maximum atomic E-state index is 6.09. The van der Waals surface area contributed by atoms with Crippen molar-refractivity contribution >= 4 is 179 Å². The molecule has 0 bridgehead atoms. The third-order valence-electron chi connectivity index (χ3n) is 22.7. The Hall–Kier alpha value is -13.1. The Morgan fingerprint density at radius 3 is 0.967 bits per heavy atom. The van der Waals surface area contributed by atoms with Crippen LogP contribution in [0.5, 0.6) is 0 Å². The predicted molar refractivity (Wildman–Crippen MR) is 531 cm³/mol. The van der Waals surface area contributed by atoms with Crippen LogP contribution in [-0.4, -0.2) is 0 Å². The van der Waals surface area contributed by atoms with Gasteiger partial charge in [0.25, 0.3) is 0 Å². The quantitative estimate of drug-likeness (QED) is 0.162. The fourth-order valence-electron chi connectivity index (χ4n) is 16.5. The average Bonchev–Trinajstić information content (AvgIpc) is 1.66. The average molecular weight is 1630 g/mol. The third-order valence-corrected chi connectivity index (χ3v) is 28.6. The normalized spacial score (nSPS) is 11.2. The molecule has 0 aliphatic carbocycles. The second-order valence-electron chi connectivity index (χ2n) is 30.9. The van der Waals surface area contributed by atoms with Crippen molar-refractivity contribution in [1.29, 1.82) is 0 Å². The molecule has 24 rings (SSSR count). The topological polar surface area (TPSA) is 13.1 Å². The molecule has 24 aromatic rings. The Bertz CT molecular complexity index is 7840. The number of aryl methyl sites for hydroxylation is 6. The molecule has 6 aromatic heterocycles.